The number of sulfonamides is 1. The van der Waals surface area contributed by atoms with Gasteiger partial charge in [0.05, 0.1) is 4.90 Å². The maximum absolute atomic E-state index is 12.6. The Morgan fingerprint density at radius 3 is 2.03 bits per heavy atom. The van der Waals surface area contributed by atoms with Crippen LogP contribution in [0.1, 0.15) is 18.4 Å². The number of amides is 3. The molecule has 0 unspecified atom stereocenters. The Kier molecular flexibility index (Phi) is 6.84. The van der Waals surface area contributed by atoms with Gasteiger partial charge in [-0.05, 0) is 56.2 Å². The lowest BCUT2D eigenvalue weighted by molar-refractivity contribution is -0.121. The number of piperidine rings is 1. The first kappa shape index (κ1) is 22.6. The fourth-order valence-electron chi connectivity index (χ4n) is 3.41. The first-order valence-electron chi connectivity index (χ1n) is 10.1. The van der Waals surface area contributed by atoms with Crippen LogP contribution in [-0.2, 0) is 14.8 Å². The number of hydrogen-bond acceptors (Lipinski definition) is 4. The van der Waals surface area contributed by atoms with Crippen molar-refractivity contribution < 1.29 is 18.0 Å². The van der Waals surface area contributed by atoms with Crippen LogP contribution in [0.2, 0.25) is 0 Å². The van der Waals surface area contributed by atoms with E-state index in [1.54, 1.807) is 43.3 Å². The molecule has 2 N–H and O–H groups in total. The van der Waals surface area contributed by atoms with Crippen LogP contribution in [-0.4, -0.2) is 57.3 Å². The molecule has 166 valence electrons. The van der Waals surface area contributed by atoms with E-state index in [4.69, 9.17) is 0 Å². The van der Waals surface area contributed by atoms with Gasteiger partial charge in [-0.1, -0.05) is 17.7 Å². The number of nitrogens with one attached hydrogen (secondary N) is 2. The van der Waals surface area contributed by atoms with Crippen molar-refractivity contribution in [1.82, 2.24) is 9.80 Å². The predicted molar refractivity (Wildman–Crippen MR) is 120 cm³/mol. The number of urea groups is 1. The topological polar surface area (TPSA) is 98.8 Å². The van der Waals surface area contributed by atoms with E-state index < -0.39 is 10.0 Å². The van der Waals surface area contributed by atoms with Gasteiger partial charge >= 0.3 is 6.03 Å². The molecule has 3 amide bonds. The lowest BCUT2D eigenvalue weighted by Crippen LogP contribution is -2.45. The minimum absolute atomic E-state index is 0.0464. The number of rotatable bonds is 5. The smallest absolute Gasteiger partial charge is 0.319 e. The van der Waals surface area contributed by atoms with Crippen molar-refractivity contribution in [3.63, 3.8) is 0 Å². The van der Waals surface area contributed by atoms with Gasteiger partial charge in [-0.2, -0.15) is 0 Å². The molecule has 0 atom stereocenters. The van der Waals surface area contributed by atoms with E-state index >= 15 is 0 Å². The van der Waals surface area contributed by atoms with E-state index in [1.165, 1.54) is 17.0 Å². The molecule has 0 saturated carbocycles. The van der Waals surface area contributed by atoms with Gasteiger partial charge in [-0.15, -0.1) is 0 Å². The first-order chi connectivity index (χ1) is 14.7. The van der Waals surface area contributed by atoms with E-state index in [0.717, 1.165) is 5.56 Å². The second-order valence-corrected chi connectivity index (χ2v) is 9.61. The molecule has 1 heterocycles. The van der Waals surface area contributed by atoms with Crippen LogP contribution in [0.15, 0.2) is 53.4 Å². The van der Waals surface area contributed by atoms with E-state index in [2.05, 4.69) is 10.0 Å². The number of benzene rings is 2. The summed E-state index contributed by atoms with van der Waals surface area (Å²) in [7, 11) is -0.298. The summed E-state index contributed by atoms with van der Waals surface area (Å²) in [4.78, 5) is 28.0. The Bertz CT molecular complexity index is 1030. The maximum atomic E-state index is 12.6. The number of aryl methyl sites for hydroxylation is 1. The Balaban J connectivity index is 1.57. The number of anilines is 2. The summed E-state index contributed by atoms with van der Waals surface area (Å²) in [6, 6.07) is 13.1. The summed E-state index contributed by atoms with van der Waals surface area (Å²) >= 11 is 0. The maximum Gasteiger partial charge on any atom is 0.319 e. The molecule has 0 aliphatic carbocycles. The third-order valence-corrected chi connectivity index (χ3v) is 6.65. The fraction of sp³-hybridized carbons (Fsp3) is 0.364. The van der Waals surface area contributed by atoms with Crippen molar-refractivity contribution in [2.75, 3.05) is 37.2 Å². The summed E-state index contributed by atoms with van der Waals surface area (Å²) < 4.78 is 27.7. The van der Waals surface area contributed by atoms with Gasteiger partial charge < -0.3 is 15.1 Å². The summed E-state index contributed by atoms with van der Waals surface area (Å²) in [5.74, 6) is -0.303. The van der Waals surface area contributed by atoms with Crippen molar-refractivity contribution in [2.24, 2.45) is 5.92 Å². The van der Waals surface area contributed by atoms with Crippen LogP contribution >= 0.6 is 0 Å². The second-order valence-electron chi connectivity index (χ2n) is 7.92. The third kappa shape index (κ3) is 5.75. The number of carbonyl (C=O) groups excluding carboxylic acids is 2. The summed E-state index contributed by atoms with van der Waals surface area (Å²) in [5.41, 5.74) is 2.06. The third-order valence-electron chi connectivity index (χ3n) is 5.25. The number of likely N-dealkylation sites (tertiary alicyclic amines) is 1. The highest BCUT2D eigenvalue weighted by atomic mass is 32.2. The Morgan fingerprint density at radius 1 is 0.935 bits per heavy atom. The molecule has 1 aliphatic rings. The number of carbonyl (C=O) groups is 2. The van der Waals surface area contributed by atoms with Gasteiger partial charge in [0.2, 0.25) is 5.91 Å². The SMILES string of the molecule is Cc1ccc(NS(=O)(=O)c2ccc(NC(=O)C3CCN(C(=O)N(C)C)CC3)cc2)cc1. The zero-order chi connectivity index (χ0) is 22.6. The monoisotopic (exact) mass is 444 g/mol. The fourth-order valence-corrected chi connectivity index (χ4v) is 4.47. The largest absolute Gasteiger partial charge is 0.331 e. The molecule has 8 nitrogen and oxygen atoms in total. The highest BCUT2D eigenvalue weighted by Crippen LogP contribution is 2.22. The average Bonchev–Trinajstić information content (AvgIpc) is 2.75. The molecule has 9 heteroatoms. The quantitative estimate of drug-likeness (QED) is 0.740. The molecule has 3 rings (SSSR count). The van der Waals surface area contributed by atoms with E-state index in [1.807, 2.05) is 19.1 Å². The zero-order valence-electron chi connectivity index (χ0n) is 18.0. The van der Waals surface area contributed by atoms with Gasteiger partial charge in [-0.25, -0.2) is 13.2 Å². The van der Waals surface area contributed by atoms with E-state index in [0.29, 0.717) is 37.3 Å². The van der Waals surface area contributed by atoms with Gasteiger partial charge in [0.1, 0.15) is 0 Å². The second kappa shape index (κ2) is 9.38. The molecule has 2 aromatic carbocycles. The van der Waals surface area contributed by atoms with Crippen LogP contribution < -0.4 is 10.0 Å². The molecule has 0 radical (unpaired) electrons. The normalized spacial score (nSPS) is 14.7. The lowest BCUT2D eigenvalue weighted by atomic mass is 9.96. The first-order valence-corrected chi connectivity index (χ1v) is 11.6. The highest BCUT2D eigenvalue weighted by molar-refractivity contribution is 7.92. The minimum Gasteiger partial charge on any atom is -0.331 e. The molecule has 0 spiro atoms. The molecule has 0 bridgehead atoms. The summed E-state index contributed by atoms with van der Waals surface area (Å²) in [5, 5.41) is 2.85. The van der Waals surface area contributed by atoms with Crippen LogP contribution in [0, 0.1) is 12.8 Å². The van der Waals surface area contributed by atoms with Gasteiger partial charge in [0, 0.05) is 44.5 Å². The van der Waals surface area contributed by atoms with Gasteiger partial charge in [-0.3, -0.25) is 9.52 Å². The molecule has 1 aliphatic heterocycles. The van der Waals surface area contributed by atoms with Crippen molar-refractivity contribution in [3.8, 4) is 0 Å². The number of nitrogens with zero attached hydrogens (tertiary/aromatic N) is 2. The van der Waals surface area contributed by atoms with Crippen molar-refractivity contribution in [1.29, 1.82) is 0 Å². The van der Waals surface area contributed by atoms with Crippen LogP contribution in [0.3, 0.4) is 0 Å². The van der Waals surface area contributed by atoms with Crippen molar-refractivity contribution in [3.05, 3.63) is 54.1 Å². The summed E-state index contributed by atoms with van der Waals surface area (Å²) in [6.07, 6.45) is 1.19. The van der Waals surface area contributed by atoms with Crippen LogP contribution in [0.5, 0.6) is 0 Å². The van der Waals surface area contributed by atoms with Crippen LogP contribution in [0.25, 0.3) is 0 Å². The molecule has 31 heavy (non-hydrogen) atoms. The highest BCUT2D eigenvalue weighted by Gasteiger charge is 2.28. The predicted octanol–water partition coefficient (Wildman–Crippen LogP) is 3.13. The van der Waals surface area contributed by atoms with Gasteiger partial charge in [0.15, 0.2) is 0 Å². The van der Waals surface area contributed by atoms with Gasteiger partial charge in [0.25, 0.3) is 10.0 Å². The zero-order valence-corrected chi connectivity index (χ0v) is 18.8. The summed E-state index contributed by atoms with van der Waals surface area (Å²) in [6.45, 7) is 3.01. The molecule has 2 aromatic rings. The Labute approximate surface area is 183 Å². The molecule has 1 saturated heterocycles. The van der Waals surface area contributed by atoms with Crippen molar-refractivity contribution in [2.45, 2.75) is 24.7 Å². The Morgan fingerprint density at radius 2 is 1.48 bits per heavy atom. The Hall–Kier alpha value is -3.07. The standard InChI is InChI=1S/C22H28N4O4S/c1-16-4-6-19(7-5-16)24-31(29,30)20-10-8-18(9-11-20)23-21(27)17-12-14-26(15-13-17)22(28)25(2)3/h4-11,17,24H,12-15H2,1-3H3,(H,23,27). The molecule has 0 aromatic heterocycles. The molecule has 1 fully saturated rings. The lowest BCUT2D eigenvalue weighted by Gasteiger charge is -2.33. The molecular weight excluding hydrogens is 416 g/mol. The molecular formula is C22H28N4O4S. The van der Waals surface area contributed by atoms with Crippen molar-refractivity contribution >= 4 is 33.3 Å². The minimum atomic E-state index is -3.72. The average molecular weight is 445 g/mol. The van der Waals surface area contributed by atoms with Crippen LogP contribution in [0.4, 0.5) is 16.2 Å². The van der Waals surface area contributed by atoms with E-state index in [-0.39, 0.29) is 22.8 Å². The number of hydrogen-bond donors (Lipinski definition) is 2. The van der Waals surface area contributed by atoms with E-state index in [9.17, 15) is 18.0 Å².